The number of amides is 3. The van der Waals surface area contributed by atoms with E-state index in [1.165, 1.54) is 17.0 Å². The summed E-state index contributed by atoms with van der Waals surface area (Å²) in [4.78, 5) is 29.2. The summed E-state index contributed by atoms with van der Waals surface area (Å²) < 4.78 is 13.8. The molecule has 142 valence electrons. The number of carbonyl (C=O) groups is 2. The molecule has 3 amide bonds. The van der Waals surface area contributed by atoms with E-state index in [1.54, 1.807) is 23.1 Å². The second-order valence-corrected chi connectivity index (χ2v) is 6.84. The van der Waals surface area contributed by atoms with E-state index in [-0.39, 0.29) is 11.9 Å². The van der Waals surface area contributed by atoms with E-state index in [4.69, 9.17) is 0 Å². The lowest BCUT2D eigenvalue weighted by Gasteiger charge is -2.33. The lowest BCUT2D eigenvalue weighted by atomic mass is 9.95. The molecule has 2 aromatic carbocycles. The second kappa shape index (κ2) is 7.31. The highest BCUT2D eigenvalue weighted by molar-refractivity contribution is 6.01. The van der Waals surface area contributed by atoms with Crippen molar-refractivity contribution in [3.8, 4) is 0 Å². The van der Waals surface area contributed by atoms with Crippen molar-refractivity contribution in [2.45, 2.75) is 12.6 Å². The van der Waals surface area contributed by atoms with Gasteiger partial charge < -0.3 is 10.2 Å². The molecule has 2 aromatic rings. The van der Waals surface area contributed by atoms with Crippen molar-refractivity contribution in [2.75, 3.05) is 13.1 Å². The molecule has 4 rings (SSSR count). The summed E-state index contributed by atoms with van der Waals surface area (Å²) in [7, 11) is 0. The van der Waals surface area contributed by atoms with Crippen molar-refractivity contribution < 1.29 is 14.0 Å². The predicted molar refractivity (Wildman–Crippen MR) is 103 cm³/mol. The first-order valence-electron chi connectivity index (χ1n) is 9.09. The van der Waals surface area contributed by atoms with Crippen LogP contribution in [0.4, 0.5) is 9.18 Å². The summed E-state index contributed by atoms with van der Waals surface area (Å²) in [5.74, 6) is -0.559. The van der Waals surface area contributed by atoms with Gasteiger partial charge in [0.2, 0.25) is 0 Å². The minimum absolute atomic E-state index is 0.151. The molecule has 6 heteroatoms. The standard InChI is InChI=1S/C22H20FN3O2/c1-2-11-26-18-14-25(13-15-7-4-3-5-8-15)21(27)19(18)20(24-22(26)28)16-9-6-10-17(23)12-16/h2-10,12,20H,1,11,13-14H2,(H,24,28)/t20-/m1/s1. The smallest absolute Gasteiger partial charge is 0.322 e. The van der Waals surface area contributed by atoms with Gasteiger partial charge in [0, 0.05) is 13.1 Å². The Morgan fingerprint density at radius 3 is 2.64 bits per heavy atom. The maximum absolute atomic E-state index is 13.8. The van der Waals surface area contributed by atoms with Crippen LogP contribution in [0, 0.1) is 5.82 Å². The third-order valence-electron chi connectivity index (χ3n) is 5.01. The van der Waals surface area contributed by atoms with Gasteiger partial charge in [0.1, 0.15) is 5.82 Å². The molecule has 28 heavy (non-hydrogen) atoms. The van der Waals surface area contributed by atoms with Crippen LogP contribution in [0.1, 0.15) is 17.2 Å². The van der Waals surface area contributed by atoms with E-state index < -0.39 is 11.9 Å². The van der Waals surface area contributed by atoms with Crippen LogP contribution in [0.5, 0.6) is 0 Å². The van der Waals surface area contributed by atoms with Gasteiger partial charge in [-0.3, -0.25) is 9.69 Å². The van der Waals surface area contributed by atoms with Crippen molar-refractivity contribution in [3.05, 3.63) is 95.5 Å². The van der Waals surface area contributed by atoms with Crippen molar-refractivity contribution in [1.29, 1.82) is 0 Å². The monoisotopic (exact) mass is 377 g/mol. The molecule has 0 fully saturated rings. The number of urea groups is 1. The normalized spacial score (nSPS) is 19.0. The highest BCUT2D eigenvalue weighted by Gasteiger charge is 2.43. The van der Waals surface area contributed by atoms with Gasteiger partial charge in [0.05, 0.1) is 23.9 Å². The van der Waals surface area contributed by atoms with Crippen LogP contribution in [-0.4, -0.2) is 34.8 Å². The van der Waals surface area contributed by atoms with E-state index in [0.29, 0.717) is 36.5 Å². The summed E-state index contributed by atoms with van der Waals surface area (Å²) >= 11 is 0. The summed E-state index contributed by atoms with van der Waals surface area (Å²) in [6.45, 7) is 4.78. The SMILES string of the molecule is C=CCN1C(=O)N[C@H](c2cccc(F)c2)C2=C1CN(Cc1ccccc1)C2=O. The van der Waals surface area contributed by atoms with Gasteiger partial charge >= 0.3 is 6.03 Å². The Balaban J connectivity index is 1.72. The Bertz CT molecular complexity index is 971. The Labute approximate surface area is 162 Å². The Morgan fingerprint density at radius 1 is 1.14 bits per heavy atom. The van der Waals surface area contributed by atoms with Crippen LogP contribution in [0.2, 0.25) is 0 Å². The van der Waals surface area contributed by atoms with Crippen LogP contribution < -0.4 is 5.32 Å². The molecule has 0 saturated heterocycles. The molecular weight excluding hydrogens is 357 g/mol. The van der Waals surface area contributed by atoms with Gasteiger partial charge in [0.25, 0.3) is 5.91 Å². The van der Waals surface area contributed by atoms with Crippen molar-refractivity contribution >= 4 is 11.9 Å². The molecular formula is C22H20FN3O2. The number of rotatable bonds is 5. The average Bonchev–Trinajstić information content (AvgIpc) is 3.01. The third kappa shape index (κ3) is 3.17. The van der Waals surface area contributed by atoms with Crippen molar-refractivity contribution in [1.82, 2.24) is 15.1 Å². The van der Waals surface area contributed by atoms with Crippen LogP contribution in [0.15, 0.2) is 78.5 Å². The summed E-state index contributed by atoms with van der Waals surface area (Å²) in [5.41, 5.74) is 2.70. The summed E-state index contributed by atoms with van der Waals surface area (Å²) in [6, 6.07) is 14.7. The number of hydrogen-bond acceptors (Lipinski definition) is 2. The summed E-state index contributed by atoms with van der Waals surface area (Å²) in [6.07, 6.45) is 1.62. The molecule has 2 heterocycles. The van der Waals surface area contributed by atoms with Gasteiger partial charge in [-0.15, -0.1) is 6.58 Å². The van der Waals surface area contributed by atoms with Crippen LogP contribution in [0.25, 0.3) is 0 Å². The average molecular weight is 377 g/mol. The number of halogens is 1. The molecule has 0 saturated carbocycles. The van der Waals surface area contributed by atoms with E-state index in [2.05, 4.69) is 11.9 Å². The molecule has 1 atom stereocenters. The largest absolute Gasteiger partial charge is 0.329 e. The van der Waals surface area contributed by atoms with E-state index in [1.807, 2.05) is 30.3 Å². The number of benzene rings is 2. The maximum atomic E-state index is 13.8. The Morgan fingerprint density at radius 2 is 1.93 bits per heavy atom. The summed E-state index contributed by atoms with van der Waals surface area (Å²) in [5, 5.41) is 2.85. The fourth-order valence-corrected chi connectivity index (χ4v) is 3.74. The Hall–Kier alpha value is -3.41. The maximum Gasteiger partial charge on any atom is 0.322 e. The molecule has 5 nitrogen and oxygen atoms in total. The minimum atomic E-state index is -0.674. The molecule has 0 bridgehead atoms. The Kier molecular flexibility index (Phi) is 4.69. The quantitative estimate of drug-likeness (QED) is 0.813. The second-order valence-electron chi connectivity index (χ2n) is 6.84. The number of nitrogens with zero attached hydrogens (tertiary/aromatic N) is 2. The fraction of sp³-hybridized carbons (Fsp3) is 0.182. The molecule has 0 unspecified atom stereocenters. The highest BCUT2D eigenvalue weighted by Crippen LogP contribution is 2.36. The number of nitrogens with one attached hydrogen (secondary N) is 1. The van der Waals surface area contributed by atoms with Crippen LogP contribution in [-0.2, 0) is 11.3 Å². The van der Waals surface area contributed by atoms with Gasteiger partial charge in [-0.1, -0.05) is 48.5 Å². The number of carbonyl (C=O) groups excluding carboxylic acids is 2. The lowest BCUT2D eigenvalue weighted by molar-refractivity contribution is -0.126. The molecule has 1 N–H and O–H groups in total. The van der Waals surface area contributed by atoms with Crippen LogP contribution in [0.3, 0.4) is 0 Å². The van der Waals surface area contributed by atoms with E-state index in [0.717, 1.165) is 5.56 Å². The van der Waals surface area contributed by atoms with Crippen LogP contribution >= 0.6 is 0 Å². The molecule has 0 radical (unpaired) electrons. The van der Waals surface area contributed by atoms with E-state index >= 15 is 0 Å². The molecule has 0 aromatic heterocycles. The zero-order valence-corrected chi connectivity index (χ0v) is 15.3. The lowest BCUT2D eigenvalue weighted by Crippen LogP contribution is -2.47. The van der Waals surface area contributed by atoms with E-state index in [9.17, 15) is 14.0 Å². The van der Waals surface area contributed by atoms with Gasteiger partial charge in [0.15, 0.2) is 0 Å². The van der Waals surface area contributed by atoms with Gasteiger partial charge in [-0.05, 0) is 23.3 Å². The first-order valence-corrected chi connectivity index (χ1v) is 9.09. The predicted octanol–water partition coefficient (Wildman–Crippen LogP) is 3.37. The van der Waals surface area contributed by atoms with Crippen molar-refractivity contribution in [2.24, 2.45) is 0 Å². The van der Waals surface area contributed by atoms with Crippen molar-refractivity contribution in [3.63, 3.8) is 0 Å². The fourth-order valence-electron chi connectivity index (χ4n) is 3.74. The zero-order valence-electron chi connectivity index (χ0n) is 15.3. The highest BCUT2D eigenvalue weighted by atomic mass is 19.1. The molecule has 0 aliphatic carbocycles. The zero-order chi connectivity index (χ0) is 19.7. The third-order valence-corrected chi connectivity index (χ3v) is 5.01. The number of hydrogen-bond donors (Lipinski definition) is 1. The van der Waals surface area contributed by atoms with Gasteiger partial charge in [-0.25, -0.2) is 9.18 Å². The minimum Gasteiger partial charge on any atom is -0.329 e. The first kappa shape index (κ1) is 18.0. The molecule has 2 aliphatic rings. The first-order chi connectivity index (χ1) is 13.6. The molecule has 0 spiro atoms. The topological polar surface area (TPSA) is 52.7 Å². The molecule has 2 aliphatic heterocycles. The van der Waals surface area contributed by atoms with Gasteiger partial charge in [-0.2, -0.15) is 0 Å².